The highest BCUT2D eigenvalue weighted by Crippen LogP contribution is 2.36. The van der Waals surface area contributed by atoms with Gasteiger partial charge in [-0.05, 0) is 39.7 Å². The monoisotopic (exact) mass is 376 g/mol. The zero-order valence-corrected chi connectivity index (χ0v) is 15.6. The Bertz CT molecular complexity index is 756. The van der Waals surface area contributed by atoms with Crippen LogP contribution >= 0.6 is 0 Å². The minimum atomic E-state index is -1.64. The van der Waals surface area contributed by atoms with E-state index in [9.17, 15) is 24.6 Å². The van der Waals surface area contributed by atoms with Crippen LogP contribution in [0.25, 0.3) is 0 Å². The minimum absolute atomic E-state index is 0.0318. The Labute approximate surface area is 157 Å². The van der Waals surface area contributed by atoms with Gasteiger partial charge in [-0.1, -0.05) is 24.3 Å². The molecule has 0 amide bonds. The molecule has 0 bridgehead atoms. The van der Waals surface area contributed by atoms with Gasteiger partial charge < -0.3 is 19.7 Å². The predicted octanol–water partition coefficient (Wildman–Crippen LogP) is 2.07. The van der Waals surface area contributed by atoms with Gasteiger partial charge >= 0.3 is 17.9 Å². The summed E-state index contributed by atoms with van der Waals surface area (Å²) in [5.41, 5.74) is 0.926. The number of allylic oxidation sites excluding steroid dienone is 3. The van der Waals surface area contributed by atoms with Crippen molar-refractivity contribution in [2.75, 3.05) is 0 Å². The van der Waals surface area contributed by atoms with E-state index < -0.39 is 42.1 Å². The van der Waals surface area contributed by atoms with Crippen LogP contribution in [0, 0.1) is 5.92 Å². The summed E-state index contributed by atoms with van der Waals surface area (Å²) in [4.78, 5) is 36.0. The number of fused-ring (bicyclic) bond motifs is 1. The fourth-order valence-corrected chi connectivity index (χ4v) is 3.13. The molecule has 7 heteroatoms. The Hall–Kier alpha value is -2.67. The Morgan fingerprint density at radius 3 is 2.67 bits per heavy atom. The van der Waals surface area contributed by atoms with Crippen molar-refractivity contribution in [2.45, 2.75) is 51.9 Å². The molecular formula is C20H24O7. The van der Waals surface area contributed by atoms with Gasteiger partial charge in [-0.2, -0.15) is 0 Å². The third-order valence-corrected chi connectivity index (χ3v) is 4.84. The van der Waals surface area contributed by atoms with Crippen LogP contribution in [0.3, 0.4) is 0 Å². The number of carbonyl (C=O) groups is 3. The number of hydrogen-bond donors (Lipinski definition) is 2. The van der Waals surface area contributed by atoms with Crippen LogP contribution < -0.4 is 0 Å². The standard InChI is InChI=1S/C20H24O7/c1-5-11(3)19(24)27-17-15-12(4)20(25)26-14(15)9-10(2)7-6-8-13(16(17)21)18(22)23/h5,8-9,14-17,21H,4,6-7H2,1-3H3,(H,22,23)/b10-9-,11-5-,13-8+/t14-,15+,16+,17+/m1/s1. The number of aliphatic hydroxyl groups is 1. The van der Waals surface area contributed by atoms with Crippen molar-refractivity contribution in [1.82, 2.24) is 0 Å². The topological polar surface area (TPSA) is 110 Å². The van der Waals surface area contributed by atoms with E-state index in [1.54, 1.807) is 13.0 Å². The third-order valence-electron chi connectivity index (χ3n) is 4.84. The molecule has 2 N–H and O–H groups in total. The van der Waals surface area contributed by atoms with Crippen molar-refractivity contribution in [3.8, 4) is 0 Å². The van der Waals surface area contributed by atoms with E-state index in [1.165, 1.54) is 19.1 Å². The van der Waals surface area contributed by atoms with Gasteiger partial charge in [-0.3, -0.25) is 0 Å². The van der Waals surface area contributed by atoms with E-state index in [1.807, 2.05) is 6.92 Å². The molecule has 27 heavy (non-hydrogen) atoms. The first-order chi connectivity index (χ1) is 12.7. The molecule has 1 heterocycles. The molecular weight excluding hydrogens is 352 g/mol. The van der Waals surface area contributed by atoms with E-state index in [2.05, 4.69) is 6.58 Å². The second-order valence-electron chi connectivity index (χ2n) is 6.72. The van der Waals surface area contributed by atoms with Crippen molar-refractivity contribution >= 4 is 17.9 Å². The average Bonchev–Trinajstić information content (AvgIpc) is 2.88. The van der Waals surface area contributed by atoms with E-state index in [4.69, 9.17) is 9.47 Å². The summed E-state index contributed by atoms with van der Waals surface area (Å²) >= 11 is 0. The lowest BCUT2D eigenvalue weighted by Crippen LogP contribution is -2.44. The van der Waals surface area contributed by atoms with Gasteiger partial charge in [-0.15, -0.1) is 0 Å². The first-order valence-electron chi connectivity index (χ1n) is 8.69. The van der Waals surface area contributed by atoms with Crippen molar-refractivity contribution < 1.29 is 34.1 Å². The van der Waals surface area contributed by atoms with Crippen molar-refractivity contribution in [2.24, 2.45) is 5.92 Å². The molecule has 1 saturated heterocycles. The Balaban J connectivity index is 2.56. The summed E-state index contributed by atoms with van der Waals surface area (Å²) in [6, 6.07) is 0. The molecule has 0 aromatic rings. The number of ether oxygens (including phenoxy) is 2. The molecule has 2 aliphatic rings. The summed E-state index contributed by atoms with van der Waals surface area (Å²) in [7, 11) is 0. The van der Waals surface area contributed by atoms with E-state index in [0.29, 0.717) is 18.4 Å². The van der Waals surface area contributed by atoms with E-state index >= 15 is 0 Å². The number of carbonyl (C=O) groups excluding carboxylic acids is 2. The van der Waals surface area contributed by atoms with Gasteiger partial charge in [0.2, 0.25) is 0 Å². The molecule has 1 aliphatic carbocycles. The fraction of sp³-hybridized carbons (Fsp3) is 0.450. The second kappa shape index (κ2) is 8.35. The zero-order valence-electron chi connectivity index (χ0n) is 15.6. The third kappa shape index (κ3) is 4.36. The summed E-state index contributed by atoms with van der Waals surface area (Å²) in [5, 5.41) is 20.3. The molecule has 0 aromatic carbocycles. The number of aliphatic hydroxyl groups excluding tert-OH is 1. The van der Waals surface area contributed by atoms with Gasteiger partial charge in [0.05, 0.1) is 11.5 Å². The molecule has 7 nitrogen and oxygen atoms in total. The number of carboxylic acids is 1. The van der Waals surface area contributed by atoms with Crippen LogP contribution in [0.1, 0.15) is 33.6 Å². The number of rotatable bonds is 3. The summed E-state index contributed by atoms with van der Waals surface area (Å²) in [6.07, 6.45) is 1.83. The summed E-state index contributed by atoms with van der Waals surface area (Å²) in [5.74, 6) is -3.59. The van der Waals surface area contributed by atoms with Gasteiger partial charge in [0.15, 0.2) is 0 Å². The first kappa shape index (κ1) is 20.6. The lowest BCUT2D eigenvalue weighted by atomic mass is 9.83. The average molecular weight is 376 g/mol. The maximum absolute atomic E-state index is 12.3. The van der Waals surface area contributed by atoms with E-state index in [-0.39, 0.29) is 11.1 Å². The number of carboxylic acid groups (broad SMARTS) is 1. The van der Waals surface area contributed by atoms with Gasteiger partial charge in [0.25, 0.3) is 0 Å². The zero-order chi connectivity index (χ0) is 20.3. The smallest absolute Gasteiger partial charge is 0.334 e. The largest absolute Gasteiger partial charge is 0.478 e. The molecule has 0 aromatic heterocycles. The molecule has 0 unspecified atom stereocenters. The van der Waals surface area contributed by atoms with Crippen LogP contribution in [-0.2, 0) is 23.9 Å². The number of hydrogen-bond acceptors (Lipinski definition) is 6. The van der Waals surface area contributed by atoms with Gasteiger partial charge in [0.1, 0.15) is 18.3 Å². The Kier molecular flexibility index (Phi) is 6.38. The van der Waals surface area contributed by atoms with E-state index in [0.717, 1.165) is 5.57 Å². The first-order valence-corrected chi connectivity index (χ1v) is 8.69. The van der Waals surface area contributed by atoms with Crippen molar-refractivity contribution in [3.63, 3.8) is 0 Å². The van der Waals surface area contributed by atoms with Crippen LogP contribution in [0.2, 0.25) is 0 Å². The lowest BCUT2D eigenvalue weighted by Gasteiger charge is -2.31. The number of esters is 2. The molecule has 2 rings (SSSR count). The predicted molar refractivity (Wildman–Crippen MR) is 96.5 cm³/mol. The van der Waals surface area contributed by atoms with Crippen LogP contribution in [0.15, 0.2) is 47.1 Å². The highest BCUT2D eigenvalue weighted by molar-refractivity contribution is 5.92. The second-order valence-corrected chi connectivity index (χ2v) is 6.72. The molecule has 0 spiro atoms. The molecule has 0 radical (unpaired) electrons. The van der Waals surface area contributed by atoms with Gasteiger partial charge in [0, 0.05) is 11.1 Å². The molecule has 0 saturated carbocycles. The maximum Gasteiger partial charge on any atom is 0.334 e. The highest BCUT2D eigenvalue weighted by Gasteiger charge is 2.48. The maximum atomic E-state index is 12.3. The Morgan fingerprint density at radius 2 is 2.07 bits per heavy atom. The lowest BCUT2D eigenvalue weighted by molar-refractivity contribution is -0.155. The minimum Gasteiger partial charge on any atom is -0.478 e. The summed E-state index contributed by atoms with van der Waals surface area (Å²) < 4.78 is 10.8. The molecule has 146 valence electrons. The number of aliphatic carboxylic acids is 1. The van der Waals surface area contributed by atoms with Gasteiger partial charge in [-0.25, -0.2) is 14.4 Å². The van der Waals surface area contributed by atoms with Crippen LogP contribution in [0.5, 0.6) is 0 Å². The molecule has 4 atom stereocenters. The van der Waals surface area contributed by atoms with Crippen LogP contribution in [0.4, 0.5) is 0 Å². The quantitative estimate of drug-likeness (QED) is 0.441. The van der Waals surface area contributed by atoms with Crippen LogP contribution in [-0.4, -0.2) is 46.4 Å². The van der Waals surface area contributed by atoms with Crippen molar-refractivity contribution in [3.05, 3.63) is 47.1 Å². The molecule has 1 fully saturated rings. The summed E-state index contributed by atoms with van der Waals surface area (Å²) in [6.45, 7) is 8.74. The SMILES string of the molecule is C=C1C(=O)O[C@@H]2/C=C(/C)CC/C=C(/C(=O)O)[C@H](O)[C@@H](OC(=O)/C(C)=C\C)[C@@H]12. The Morgan fingerprint density at radius 1 is 1.41 bits per heavy atom. The normalized spacial score (nSPS) is 33.1. The molecule has 1 aliphatic heterocycles. The van der Waals surface area contributed by atoms with Crippen molar-refractivity contribution in [1.29, 1.82) is 0 Å². The highest BCUT2D eigenvalue weighted by atomic mass is 16.6. The fourth-order valence-electron chi connectivity index (χ4n) is 3.13.